The van der Waals surface area contributed by atoms with Crippen molar-refractivity contribution in [3.8, 4) is 0 Å². The van der Waals surface area contributed by atoms with Gasteiger partial charge in [-0.2, -0.15) is 0 Å². The lowest BCUT2D eigenvalue weighted by Crippen LogP contribution is -1.98. The van der Waals surface area contributed by atoms with Crippen LogP contribution < -0.4 is 0 Å². The predicted molar refractivity (Wildman–Crippen MR) is 91.2 cm³/mol. The molecule has 0 spiro atoms. The summed E-state index contributed by atoms with van der Waals surface area (Å²) in [5.41, 5.74) is 4.10. The Balaban J connectivity index is 4.04. The summed E-state index contributed by atoms with van der Waals surface area (Å²) in [7, 11) is 0. The number of hydrogen-bond donors (Lipinski definition) is 0. The van der Waals surface area contributed by atoms with Crippen LogP contribution in [0.5, 0.6) is 0 Å². The fourth-order valence-corrected chi connectivity index (χ4v) is 1.80. The molecule has 0 aliphatic rings. The van der Waals surface area contributed by atoms with Crippen molar-refractivity contribution in [3.05, 3.63) is 47.1 Å². The molecule has 0 radical (unpaired) electrons. The van der Waals surface area contributed by atoms with Crippen molar-refractivity contribution in [1.29, 1.82) is 0 Å². The average Bonchev–Trinajstić information content (AvgIpc) is 2.38. The molecule has 0 aromatic rings. The van der Waals surface area contributed by atoms with Crippen LogP contribution in [0.1, 0.15) is 60.3 Å². The van der Waals surface area contributed by atoms with E-state index in [1.807, 2.05) is 6.08 Å². The van der Waals surface area contributed by atoms with Gasteiger partial charge in [0.2, 0.25) is 0 Å². The molecule has 0 bridgehead atoms. The van der Waals surface area contributed by atoms with Crippen molar-refractivity contribution >= 4 is 5.97 Å². The van der Waals surface area contributed by atoms with Crippen LogP contribution in [0.15, 0.2) is 47.1 Å². The first kappa shape index (κ1) is 19.4. The second-order valence-electron chi connectivity index (χ2n) is 5.53. The number of hydrogen-bond acceptors (Lipinski definition) is 2. The first-order chi connectivity index (χ1) is 9.95. The maximum absolute atomic E-state index is 11.1. The molecule has 0 fully saturated rings. The van der Waals surface area contributed by atoms with Crippen LogP contribution in [0, 0.1) is 0 Å². The Labute approximate surface area is 130 Å². The second-order valence-corrected chi connectivity index (χ2v) is 5.53. The van der Waals surface area contributed by atoms with Crippen molar-refractivity contribution in [2.45, 2.75) is 60.3 Å². The minimum absolute atomic E-state index is 0.281. The van der Waals surface area contributed by atoms with Crippen molar-refractivity contribution in [1.82, 2.24) is 0 Å². The van der Waals surface area contributed by atoms with Crippen molar-refractivity contribution in [2.75, 3.05) is 6.61 Å². The van der Waals surface area contributed by atoms with Crippen LogP contribution in [0.4, 0.5) is 0 Å². The standard InChI is InChI=1S/C19H30O2/c1-6-21-19(20)15-9-14-18(5)13-8-12-17(4)11-7-10-16(2)3/h9-10,12,14-15H,6-8,11,13H2,1-5H3. The van der Waals surface area contributed by atoms with Crippen LogP contribution in [-0.2, 0) is 9.53 Å². The molecule has 0 aliphatic carbocycles. The summed E-state index contributed by atoms with van der Waals surface area (Å²) in [5.74, 6) is -0.281. The molecule has 21 heavy (non-hydrogen) atoms. The summed E-state index contributed by atoms with van der Waals surface area (Å²) in [6, 6.07) is 0. The number of carbonyl (C=O) groups excluding carboxylic acids is 1. The Bertz CT molecular complexity index is 419. The largest absolute Gasteiger partial charge is 0.463 e. The third kappa shape index (κ3) is 13.2. The highest BCUT2D eigenvalue weighted by Gasteiger charge is 1.93. The van der Waals surface area contributed by atoms with Gasteiger partial charge in [0.15, 0.2) is 0 Å². The summed E-state index contributed by atoms with van der Waals surface area (Å²) < 4.78 is 4.82. The molecule has 0 amide bonds. The fraction of sp³-hybridized carbons (Fsp3) is 0.526. The van der Waals surface area contributed by atoms with Gasteiger partial charge in [0.05, 0.1) is 6.61 Å². The Morgan fingerprint density at radius 3 is 2.19 bits per heavy atom. The van der Waals surface area contributed by atoms with E-state index >= 15 is 0 Å². The zero-order chi connectivity index (χ0) is 16.1. The van der Waals surface area contributed by atoms with Crippen LogP contribution in [0.3, 0.4) is 0 Å². The lowest BCUT2D eigenvalue weighted by Gasteiger charge is -2.00. The molecule has 2 heteroatoms. The monoisotopic (exact) mass is 290 g/mol. The van der Waals surface area contributed by atoms with Crippen LogP contribution in [0.25, 0.3) is 0 Å². The minimum atomic E-state index is -0.281. The summed E-state index contributed by atoms with van der Waals surface area (Å²) in [4.78, 5) is 11.1. The summed E-state index contributed by atoms with van der Waals surface area (Å²) in [6.07, 6.45) is 14.1. The van der Waals surface area contributed by atoms with E-state index in [0.717, 1.165) is 25.7 Å². The van der Waals surface area contributed by atoms with E-state index < -0.39 is 0 Å². The Morgan fingerprint density at radius 2 is 1.57 bits per heavy atom. The van der Waals surface area contributed by atoms with Gasteiger partial charge in [-0.05, 0) is 60.3 Å². The fourth-order valence-electron chi connectivity index (χ4n) is 1.80. The van der Waals surface area contributed by atoms with Gasteiger partial charge in [-0.1, -0.05) is 41.0 Å². The van der Waals surface area contributed by atoms with E-state index in [1.165, 1.54) is 22.8 Å². The molecule has 0 aromatic carbocycles. The molecule has 0 saturated heterocycles. The summed E-state index contributed by atoms with van der Waals surface area (Å²) in [6.45, 7) is 10.8. The first-order valence-electron chi connectivity index (χ1n) is 7.75. The quantitative estimate of drug-likeness (QED) is 0.242. The van der Waals surface area contributed by atoms with E-state index in [4.69, 9.17) is 4.74 Å². The third-order valence-electron chi connectivity index (χ3n) is 3.02. The van der Waals surface area contributed by atoms with Crippen LogP contribution >= 0.6 is 0 Å². The number of esters is 1. The lowest BCUT2D eigenvalue weighted by atomic mass is 10.1. The average molecular weight is 290 g/mol. The highest BCUT2D eigenvalue weighted by Crippen LogP contribution is 2.11. The summed E-state index contributed by atoms with van der Waals surface area (Å²) in [5, 5.41) is 0. The Hall–Kier alpha value is -1.57. The normalized spacial score (nSPS) is 12.6. The molecule has 0 atom stereocenters. The zero-order valence-electron chi connectivity index (χ0n) is 14.2. The molecule has 0 unspecified atom stereocenters. The maximum atomic E-state index is 11.1. The highest BCUT2D eigenvalue weighted by atomic mass is 16.5. The van der Waals surface area contributed by atoms with Crippen molar-refractivity contribution < 1.29 is 9.53 Å². The summed E-state index contributed by atoms with van der Waals surface area (Å²) >= 11 is 0. The topological polar surface area (TPSA) is 26.3 Å². The molecular formula is C19H30O2. The molecule has 0 rings (SSSR count). The molecule has 0 N–H and O–H groups in total. The van der Waals surface area contributed by atoms with Gasteiger partial charge < -0.3 is 4.74 Å². The maximum Gasteiger partial charge on any atom is 0.330 e. The first-order valence-corrected chi connectivity index (χ1v) is 7.75. The van der Waals surface area contributed by atoms with E-state index in [9.17, 15) is 4.79 Å². The Morgan fingerprint density at radius 1 is 0.952 bits per heavy atom. The highest BCUT2D eigenvalue weighted by molar-refractivity contribution is 5.82. The molecule has 0 aromatic heterocycles. The van der Waals surface area contributed by atoms with Gasteiger partial charge in [0.1, 0.15) is 0 Å². The molecule has 0 aliphatic heterocycles. The number of rotatable bonds is 9. The minimum Gasteiger partial charge on any atom is -0.463 e. The molecule has 118 valence electrons. The van der Waals surface area contributed by atoms with Crippen LogP contribution in [0.2, 0.25) is 0 Å². The molecule has 0 saturated carbocycles. The number of ether oxygens (including phenoxy) is 1. The van der Waals surface area contributed by atoms with Gasteiger partial charge in [-0.3, -0.25) is 0 Å². The second kappa shape index (κ2) is 12.2. The van der Waals surface area contributed by atoms with E-state index in [-0.39, 0.29) is 5.97 Å². The van der Waals surface area contributed by atoms with E-state index in [0.29, 0.717) is 6.61 Å². The van der Waals surface area contributed by atoms with Gasteiger partial charge in [0.25, 0.3) is 0 Å². The van der Waals surface area contributed by atoms with Gasteiger partial charge in [-0.25, -0.2) is 4.79 Å². The SMILES string of the molecule is CCOC(=O)C=CC=C(C)CCC=C(C)CCC=C(C)C. The van der Waals surface area contributed by atoms with Crippen molar-refractivity contribution in [3.63, 3.8) is 0 Å². The smallest absolute Gasteiger partial charge is 0.330 e. The van der Waals surface area contributed by atoms with Crippen molar-refractivity contribution in [2.24, 2.45) is 0 Å². The van der Waals surface area contributed by atoms with E-state index in [2.05, 4.69) is 39.8 Å². The van der Waals surface area contributed by atoms with Crippen LogP contribution in [-0.4, -0.2) is 12.6 Å². The third-order valence-corrected chi connectivity index (χ3v) is 3.02. The number of carbonyl (C=O) groups is 1. The number of allylic oxidation sites excluding steroid dienone is 7. The molecule has 2 nitrogen and oxygen atoms in total. The molecular weight excluding hydrogens is 260 g/mol. The zero-order valence-corrected chi connectivity index (χ0v) is 14.2. The lowest BCUT2D eigenvalue weighted by molar-refractivity contribution is -0.137. The van der Waals surface area contributed by atoms with Gasteiger partial charge in [0, 0.05) is 6.08 Å². The predicted octanol–water partition coefficient (Wildman–Crippen LogP) is 5.52. The Kier molecular flexibility index (Phi) is 11.3. The molecule has 0 heterocycles. The van der Waals surface area contributed by atoms with E-state index in [1.54, 1.807) is 13.0 Å². The van der Waals surface area contributed by atoms with Gasteiger partial charge in [-0.15, -0.1) is 0 Å². The van der Waals surface area contributed by atoms with Gasteiger partial charge >= 0.3 is 5.97 Å².